The highest BCUT2D eigenvalue weighted by atomic mass is 16.3. The van der Waals surface area contributed by atoms with Gasteiger partial charge < -0.3 is 15.4 Å². The number of aromatic amines is 1. The Morgan fingerprint density at radius 2 is 2.14 bits per heavy atom. The molecule has 1 aliphatic carbocycles. The molecule has 0 amide bonds. The van der Waals surface area contributed by atoms with Crippen molar-refractivity contribution in [1.82, 2.24) is 26.1 Å². The van der Waals surface area contributed by atoms with Crippen LogP contribution in [0.4, 0.5) is 0 Å². The van der Waals surface area contributed by atoms with E-state index in [1.54, 1.807) is 0 Å². The number of fused-ring (bicyclic) bond motifs is 1. The lowest BCUT2D eigenvalue weighted by atomic mass is 9.73. The second-order valence-electron chi connectivity index (χ2n) is 8.65. The van der Waals surface area contributed by atoms with Gasteiger partial charge in [-0.2, -0.15) is 0 Å². The highest BCUT2D eigenvalue weighted by Crippen LogP contribution is 2.44. The first-order valence-electron chi connectivity index (χ1n) is 11.0. The highest BCUT2D eigenvalue weighted by Gasteiger charge is 2.42. The number of hydrazine groups is 1. The molecule has 154 valence electrons. The minimum atomic E-state index is 0.238. The van der Waals surface area contributed by atoms with Gasteiger partial charge in [0.05, 0.1) is 17.9 Å². The van der Waals surface area contributed by atoms with Gasteiger partial charge >= 0.3 is 0 Å². The number of aromatic hydroxyl groups is 1. The molecule has 1 saturated carbocycles. The standard InChI is InChI=1S/C23H31N5O/c1-2-14-11-17(29)4-6-18(14)16-3-5-19-20(12-16)27-28-22(19)23-25-13-21(26-23)15-7-9-24-10-8-15/h4,6-7,11,13,16,19-20,22,24,27-29H,2-3,5,8-10,12H2,1H3,(H,25,26). The predicted molar refractivity (Wildman–Crippen MR) is 114 cm³/mol. The average Bonchev–Trinajstić information content (AvgIpc) is 3.41. The lowest BCUT2D eigenvalue weighted by Crippen LogP contribution is -2.35. The van der Waals surface area contributed by atoms with Gasteiger partial charge in [0.15, 0.2) is 0 Å². The van der Waals surface area contributed by atoms with E-state index in [0.29, 0.717) is 23.6 Å². The molecule has 2 aromatic rings. The SMILES string of the molecule is CCc1cc(O)ccc1C1CCC2C(C1)NNC2c1ncc(C2=CCNCC2)[nH]1. The fourth-order valence-electron chi connectivity index (χ4n) is 5.44. The van der Waals surface area contributed by atoms with Crippen LogP contribution in [-0.4, -0.2) is 34.2 Å². The first kappa shape index (κ1) is 18.9. The summed E-state index contributed by atoms with van der Waals surface area (Å²) in [7, 11) is 0. The molecule has 3 aliphatic rings. The number of hydrogen-bond acceptors (Lipinski definition) is 5. The molecule has 4 unspecified atom stereocenters. The second-order valence-corrected chi connectivity index (χ2v) is 8.65. The van der Waals surface area contributed by atoms with E-state index >= 15 is 0 Å². The molecule has 4 atom stereocenters. The topological polar surface area (TPSA) is 85.0 Å². The fraction of sp³-hybridized carbons (Fsp3) is 0.522. The van der Waals surface area contributed by atoms with Gasteiger partial charge in [-0.15, -0.1) is 0 Å². The van der Waals surface area contributed by atoms with Crippen molar-refractivity contribution in [2.24, 2.45) is 5.92 Å². The van der Waals surface area contributed by atoms with Crippen molar-refractivity contribution >= 4 is 5.57 Å². The molecular weight excluding hydrogens is 362 g/mol. The molecule has 5 N–H and O–H groups in total. The Kier molecular flexibility index (Phi) is 5.16. The van der Waals surface area contributed by atoms with Crippen LogP contribution in [0.3, 0.4) is 0 Å². The normalized spacial score (nSPS) is 29.5. The third kappa shape index (κ3) is 3.61. The first-order chi connectivity index (χ1) is 14.2. The summed E-state index contributed by atoms with van der Waals surface area (Å²) in [6.45, 7) is 4.14. The minimum absolute atomic E-state index is 0.238. The lowest BCUT2D eigenvalue weighted by Gasteiger charge is -2.33. The number of nitrogens with one attached hydrogen (secondary N) is 4. The average molecular weight is 394 g/mol. The fourth-order valence-corrected chi connectivity index (χ4v) is 5.44. The molecule has 1 aromatic heterocycles. The summed E-state index contributed by atoms with van der Waals surface area (Å²) in [5.41, 5.74) is 12.3. The maximum absolute atomic E-state index is 9.83. The molecule has 2 fully saturated rings. The Morgan fingerprint density at radius 3 is 2.97 bits per heavy atom. The summed E-state index contributed by atoms with van der Waals surface area (Å²) >= 11 is 0. The van der Waals surface area contributed by atoms with Crippen LogP contribution >= 0.6 is 0 Å². The van der Waals surface area contributed by atoms with Crippen molar-refractivity contribution in [2.45, 2.75) is 57.0 Å². The van der Waals surface area contributed by atoms with Crippen molar-refractivity contribution in [3.8, 4) is 5.75 Å². The minimum Gasteiger partial charge on any atom is -0.508 e. The summed E-state index contributed by atoms with van der Waals surface area (Å²) in [6.07, 6.45) is 9.75. The first-order valence-corrected chi connectivity index (χ1v) is 11.0. The number of hydrogen-bond donors (Lipinski definition) is 5. The Balaban J connectivity index is 1.30. The maximum atomic E-state index is 9.83. The summed E-state index contributed by atoms with van der Waals surface area (Å²) in [5, 5.41) is 13.2. The van der Waals surface area contributed by atoms with Gasteiger partial charge in [-0.3, -0.25) is 5.43 Å². The summed E-state index contributed by atoms with van der Waals surface area (Å²) < 4.78 is 0. The van der Waals surface area contributed by atoms with Crippen LogP contribution in [0, 0.1) is 5.92 Å². The van der Waals surface area contributed by atoms with Crippen molar-refractivity contribution < 1.29 is 5.11 Å². The van der Waals surface area contributed by atoms with Gasteiger partial charge in [0, 0.05) is 12.6 Å². The molecular formula is C23H31N5O. The zero-order valence-electron chi connectivity index (χ0n) is 17.0. The largest absolute Gasteiger partial charge is 0.508 e. The number of benzene rings is 1. The molecule has 0 spiro atoms. The Hall–Kier alpha value is -2.15. The van der Waals surface area contributed by atoms with Gasteiger partial charge in [-0.1, -0.05) is 19.1 Å². The molecule has 2 aliphatic heterocycles. The van der Waals surface area contributed by atoms with Crippen LogP contribution in [0.5, 0.6) is 5.75 Å². The molecule has 6 heteroatoms. The molecule has 3 heterocycles. The van der Waals surface area contributed by atoms with Gasteiger partial charge in [0.25, 0.3) is 0 Å². The monoisotopic (exact) mass is 393 g/mol. The molecule has 29 heavy (non-hydrogen) atoms. The van der Waals surface area contributed by atoms with Crippen LogP contribution in [0.2, 0.25) is 0 Å². The summed E-state index contributed by atoms with van der Waals surface area (Å²) in [6, 6.07) is 6.59. The van der Waals surface area contributed by atoms with E-state index in [-0.39, 0.29) is 6.04 Å². The van der Waals surface area contributed by atoms with Gasteiger partial charge in [-0.25, -0.2) is 10.4 Å². The Labute approximate surface area is 172 Å². The number of phenolic OH excluding ortho intramolecular Hbond substituents is 1. The third-order valence-electron chi connectivity index (χ3n) is 7.00. The zero-order valence-corrected chi connectivity index (χ0v) is 17.0. The van der Waals surface area contributed by atoms with E-state index in [9.17, 15) is 5.11 Å². The summed E-state index contributed by atoms with van der Waals surface area (Å²) in [5.74, 6) is 2.52. The highest BCUT2D eigenvalue weighted by molar-refractivity contribution is 5.63. The zero-order chi connectivity index (χ0) is 19.8. The number of aromatic nitrogens is 2. The van der Waals surface area contributed by atoms with Crippen molar-refractivity contribution in [1.29, 1.82) is 0 Å². The smallest absolute Gasteiger partial charge is 0.125 e. The van der Waals surface area contributed by atoms with E-state index in [1.165, 1.54) is 29.5 Å². The number of H-pyrrole nitrogens is 1. The molecule has 1 aromatic carbocycles. The predicted octanol–water partition coefficient (Wildman–Crippen LogP) is 3.16. The quantitative estimate of drug-likeness (QED) is 0.551. The number of nitrogens with zero attached hydrogens (tertiary/aromatic N) is 1. The second kappa shape index (κ2) is 7.94. The molecule has 5 rings (SSSR count). The van der Waals surface area contributed by atoms with Crippen molar-refractivity contribution in [3.05, 3.63) is 53.1 Å². The number of rotatable bonds is 4. The van der Waals surface area contributed by atoms with Gasteiger partial charge in [0.1, 0.15) is 11.6 Å². The number of aryl methyl sites for hydroxylation is 1. The Morgan fingerprint density at radius 1 is 1.21 bits per heavy atom. The van der Waals surface area contributed by atoms with Crippen LogP contribution in [0.1, 0.15) is 67.2 Å². The van der Waals surface area contributed by atoms with E-state index < -0.39 is 0 Å². The van der Waals surface area contributed by atoms with E-state index in [0.717, 1.165) is 43.9 Å². The number of imidazole rings is 1. The van der Waals surface area contributed by atoms with Crippen molar-refractivity contribution in [2.75, 3.05) is 13.1 Å². The van der Waals surface area contributed by atoms with Gasteiger partial charge in [0.2, 0.25) is 0 Å². The van der Waals surface area contributed by atoms with Crippen LogP contribution in [0.15, 0.2) is 30.5 Å². The van der Waals surface area contributed by atoms with E-state index in [1.807, 2.05) is 18.3 Å². The molecule has 0 radical (unpaired) electrons. The molecule has 0 bridgehead atoms. The van der Waals surface area contributed by atoms with Crippen molar-refractivity contribution in [3.63, 3.8) is 0 Å². The lowest BCUT2D eigenvalue weighted by molar-refractivity contribution is 0.276. The van der Waals surface area contributed by atoms with Crippen LogP contribution < -0.4 is 16.2 Å². The third-order valence-corrected chi connectivity index (χ3v) is 7.00. The van der Waals surface area contributed by atoms with Crippen LogP contribution in [0.25, 0.3) is 5.57 Å². The molecule has 1 saturated heterocycles. The van der Waals surface area contributed by atoms with E-state index in [2.05, 4.69) is 40.2 Å². The molecule has 6 nitrogen and oxygen atoms in total. The van der Waals surface area contributed by atoms with Gasteiger partial charge in [-0.05, 0) is 79.3 Å². The maximum Gasteiger partial charge on any atom is 0.125 e. The summed E-state index contributed by atoms with van der Waals surface area (Å²) in [4.78, 5) is 8.32. The Bertz CT molecular complexity index is 904. The van der Waals surface area contributed by atoms with E-state index in [4.69, 9.17) is 4.98 Å². The van der Waals surface area contributed by atoms with Crippen LogP contribution in [-0.2, 0) is 6.42 Å². The number of phenols is 1.